The topological polar surface area (TPSA) is 84.7 Å². The minimum Gasteiger partial charge on any atom is -0.396 e. The van der Waals surface area contributed by atoms with Gasteiger partial charge in [0.15, 0.2) is 9.84 Å². The molecule has 27 heavy (non-hydrogen) atoms. The van der Waals surface area contributed by atoms with Crippen LogP contribution < -0.4 is 0 Å². The molecule has 1 aromatic carbocycles. The second-order valence-electron chi connectivity index (χ2n) is 7.42. The maximum atomic E-state index is 11.7. The third kappa shape index (κ3) is 3.80. The summed E-state index contributed by atoms with van der Waals surface area (Å²) in [6, 6.07) is 7.60. The molecule has 146 valence electrons. The van der Waals surface area contributed by atoms with Crippen LogP contribution in [0.3, 0.4) is 0 Å². The molecule has 3 atom stereocenters. The van der Waals surface area contributed by atoms with E-state index in [0.717, 1.165) is 30.9 Å². The van der Waals surface area contributed by atoms with Crippen molar-refractivity contribution >= 4 is 9.84 Å². The fourth-order valence-corrected chi connectivity index (χ4v) is 4.75. The van der Waals surface area contributed by atoms with Crippen molar-refractivity contribution in [3.63, 3.8) is 0 Å². The summed E-state index contributed by atoms with van der Waals surface area (Å²) in [6.07, 6.45) is 6.78. The number of hydrogen-bond donors (Lipinski definition) is 1. The predicted molar refractivity (Wildman–Crippen MR) is 101 cm³/mol. The van der Waals surface area contributed by atoms with Gasteiger partial charge in [0.2, 0.25) is 0 Å². The van der Waals surface area contributed by atoms with Gasteiger partial charge in [0.05, 0.1) is 17.6 Å². The summed E-state index contributed by atoms with van der Waals surface area (Å²) in [5.74, 6) is 0.854. The van der Waals surface area contributed by atoms with Gasteiger partial charge < -0.3 is 14.4 Å². The molecule has 2 fully saturated rings. The Hall–Kier alpha value is -1.74. The molecule has 1 aromatic heterocycles. The van der Waals surface area contributed by atoms with Crippen molar-refractivity contribution in [3.8, 4) is 11.4 Å². The number of fused-ring (bicyclic) bond motifs is 1. The van der Waals surface area contributed by atoms with E-state index in [4.69, 9.17) is 9.84 Å². The fraction of sp³-hybridized carbons (Fsp3) is 0.526. The molecule has 0 bridgehead atoms. The molecular formula is C19H25N3O4S. The van der Waals surface area contributed by atoms with Gasteiger partial charge in [-0.1, -0.05) is 0 Å². The van der Waals surface area contributed by atoms with Gasteiger partial charge in [-0.2, -0.15) is 0 Å². The van der Waals surface area contributed by atoms with E-state index in [1.165, 1.54) is 6.26 Å². The number of hydrogen-bond acceptors (Lipinski definition) is 6. The van der Waals surface area contributed by atoms with E-state index in [1.54, 1.807) is 18.3 Å². The number of rotatable bonds is 5. The van der Waals surface area contributed by atoms with Crippen molar-refractivity contribution in [2.24, 2.45) is 0 Å². The molecule has 0 unspecified atom stereocenters. The third-order valence-electron chi connectivity index (χ3n) is 5.52. The molecular weight excluding hydrogens is 366 g/mol. The molecule has 1 N–H and O–H groups in total. The minimum atomic E-state index is -3.20. The number of nitrogens with zero attached hydrogens (tertiary/aromatic N) is 3. The SMILES string of the molecule is CS(=O)(=O)c1ccc(-c2nccn2[C@@H]2C[C@H]3CO[C@@H](CCO)CN3C2)cc1. The molecule has 0 aliphatic carbocycles. The zero-order chi connectivity index (χ0) is 19.0. The first kappa shape index (κ1) is 18.6. The van der Waals surface area contributed by atoms with Gasteiger partial charge in [0.1, 0.15) is 5.82 Å². The number of ether oxygens (including phenoxy) is 1. The van der Waals surface area contributed by atoms with Crippen molar-refractivity contribution in [2.45, 2.75) is 35.9 Å². The summed E-state index contributed by atoms with van der Waals surface area (Å²) in [7, 11) is -3.20. The van der Waals surface area contributed by atoms with Gasteiger partial charge in [0, 0.05) is 56.0 Å². The highest BCUT2D eigenvalue weighted by Crippen LogP contribution is 2.33. The first-order valence-corrected chi connectivity index (χ1v) is 11.1. The lowest BCUT2D eigenvalue weighted by Gasteiger charge is -2.34. The number of morpholine rings is 1. The standard InChI is InChI=1S/C19H25N3O4S/c1-27(24,25)18-4-2-14(3-5-18)19-20-7-8-22(19)15-10-16-13-26-17(6-9-23)12-21(16)11-15/h2-5,7-8,15-17,23H,6,9-13H2,1H3/t15-,16+,17+/m1/s1. The van der Waals surface area contributed by atoms with Gasteiger partial charge in [-0.15, -0.1) is 0 Å². The molecule has 2 aromatic rings. The largest absolute Gasteiger partial charge is 0.396 e. The van der Waals surface area contributed by atoms with Crippen molar-refractivity contribution in [2.75, 3.05) is 32.6 Å². The van der Waals surface area contributed by atoms with Crippen LogP contribution in [0.5, 0.6) is 0 Å². The second kappa shape index (κ2) is 7.35. The Morgan fingerprint density at radius 1 is 1.22 bits per heavy atom. The van der Waals surface area contributed by atoms with E-state index < -0.39 is 9.84 Å². The predicted octanol–water partition coefficient (Wildman–Crippen LogP) is 1.35. The fourth-order valence-electron chi connectivity index (χ4n) is 4.12. The summed E-state index contributed by atoms with van der Waals surface area (Å²) in [6.45, 7) is 2.64. The Balaban J connectivity index is 1.53. The summed E-state index contributed by atoms with van der Waals surface area (Å²) >= 11 is 0. The average molecular weight is 391 g/mol. The van der Waals surface area contributed by atoms with Crippen molar-refractivity contribution in [1.82, 2.24) is 14.5 Å². The zero-order valence-electron chi connectivity index (χ0n) is 15.4. The summed E-state index contributed by atoms with van der Waals surface area (Å²) in [5.41, 5.74) is 0.909. The van der Waals surface area contributed by atoms with E-state index in [0.29, 0.717) is 30.0 Å². The van der Waals surface area contributed by atoms with Crippen LogP contribution in [-0.4, -0.2) is 72.7 Å². The summed E-state index contributed by atoms with van der Waals surface area (Å²) in [5, 5.41) is 9.14. The Bertz CT molecular complexity index is 894. The Kier molecular flexibility index (Phi) is 5.07. The van der Waals surface area contributed by atoms with Crippen molar-refractivity contribution in [3.05, 3.63) is 36.7 Å². The molecule has 0 radical (unpaired) electrons. The van der Waals surface area contributed by atoms with Crippen LogP contribution in [0, 0.1) is 0 Å². The van der Waals surface area contributed by atoms with Crippen molar-refractivity contribution in [1.29, 1.82) is 0 Å². The number of aliphatic hydroxyl groups is 1. The maximum absolute atomic E-state index is 11.7. The third-order valence-corrected chi connectivity index (χ3v) is 6.65. The highest BCUT2D eigenvalue weighted by atomic mass is 32.2. The lowest BCUT2D eigenvalue weighted by Crippen LogP contribution is -2.46. The molecule has 0 spiro atoms. The molecule has 2 aliphatic heterocycles. The highest BCUT2D eigenvalue weighted by molar-refractivity contribution is 7.90. The number of imidazole rings is 1. The van der Waals surface area contributed by atoms with E-state index in [9.17, 15) is 8.42 Å². The highest BCUT2D eigenvalue weighted by Gasteiger charge is 2.38. The number of sulfone groups is 1. The van der Waals surface area contributed by atoms with E-state index in [1.807, 2.05) is 18.3 Å². The van der Waals surface area contributed by atoms with Gasteiger partial charge in [0.25, 0.3) is 0 Å². The van der Waals surface area contributed by atoms with E-state index in [-0.39, 0.29) is 12.7 Å². The van der Waals surface area contributed by atoms with Gasteiger partial charge in [-0.25, -0.2) is 13.4 Å². The molecule has 3 heterocycles. The Labute approximate surface area is 159 Å². The van der Waals surface area contributed by atoms with Gasteiger partial charge in [-0.05, 0) is 37.1 Å². The lowest BCUT2D eigenvalue weighted by molar-refractivity contribution is -0.0567. The summed E-state index contributed by atoms with van der Waals surface area (Å²) in [4.78, 5) is 7.28. The van der Waals surface area contributed by atoms with Crippen LogP contribution >= 0.6 is 0 Å². The summed E-state index contributed by atoms with van der Waals surface area (Å²) < 4.78 is 31.4. The molecule has 8 heteroatoms. The average Bonchev–Trinajstić information content (AvgIpc) is 3.27. The first-order valence-electron chi connectivity index (χ1n) is 9.25. The molecule has 4 rings (SSSR count). The zero-order valence-corrected chi connectivity index (χ0v) is 16.2. The van der Waals surface area contributed by atoms with Crippen LogP contribution in [0.4, 0.5) is 0 Å². The van der Waals surface area contributed by atoms with Crippen LogP contribution in [-0.2, 0) is 14.6 Å². The minimum absolute atomic E-state index is 0.107. The van der Waals surface area contributed by atoms with Crippen LogP contribution in [0.15, 0.2) is 41.6 Å². The van der Waals surface area contributed by atoms with Gasteiger partial charge in [-0.3, -0.25) is 4.90 Å². The number of aromatic nitrogens is 2. The molecule has 0 saturated carbocycles. The monoisotopic (exact) mass is 391 g/mol. The quantitative estimate of drug-likeness (QED) is 0.828. The van der Waals surface area contributed by atoms with Crippen molar-refractivity contribution < 1.29 is 18.3 Å². The van der Waals surface area contributed by atoms with E-state index in [2.05, 4.69) is 14.5 Å². The van der Waals surface area contributed by atoms with Crippen LogP contribution in [0.1, 0.15) is 18.9 Å². The molecule has 2 aliphatic rings. The second-order valence-corrected chi connectivity index (χ2v) is 9.44. The maximum Gasteiger partial charge on any atom is 0.175 e. The molecule has 2 saturated heterocycles. The number of aliphatic hydroxyl groups excluding tert-OH is 1. The first-order chi connectivity index (χ1) is 13.0. The van der Waals surface area contributed by atoms with E-state index >= 15 is 0 Å². The Morgan fingerprint density at radius 2 is 2.00 bits per heavy atom. The van der Waals surface area contributed by atoms with Crippen LogP contribution in [0.2, 0.25) is 0 Å². The number of benzene rings is 1. The molecule has 0 amide bonds. The Morgan fingerprint density at radius 3 is 2.70 bits per heavy atom. The normalized spacial score (nSPS) is 26.2. The molecule has 7 nitrogen and oxygen atoms in total. The lowest BCUT2D eigenvalue weighted by atomic mass is 10.1. The van der Waals surface area contributed by atoms with Gasteiger partial charge >= 0.3 is 0 Å². The van der Waals surface area contributed by atoms with Crippen LogP contribution in [0.25, 0.3) is 11.4 Å². The smallest absolute Gasteiger partial charge is 0.175 e.